The summed E-state index contributed by atoms with van der Waals surface area (Å²) in [5.41, 5.74) is 2.86. The summed E-state index contributed by atoms with van der Waals surface area (Å²) < 4.78 is 1.86. The number of fused-ring (bicyclic) bond motifs is 1. The highest BCUT2D eigenvalue weighted by atomic mass is 16.2. The third-order valence-corrected chi connectivity index (χ3v) is 4.37. The van der Waals surface area contributed by atoms with Gasteiger partial charge < -0.3 is 10.3 Å². The van der Waals surface area contributed by atoms with Crippen LogP contribution in [0.25, 0.3) is 10.9 Å². The zero-order valence-corrected chi connectivity index (χ0v) is 14.6. The van der Waals surface area contributed by atoms with E-state index in [2.05, 4.69) is 15.4 Å². The Bertz CT molecular complexity index is 1130. The van der Waals surface area contributed by atoms with Crippen molar-refractivity contribution in [2.75, 3.05) is 0 Å². The molecule has 6 heteroatoms. The summed E-state index contributed by atoms with van der Waals surface area (Å²) >= 11 is 0. The number of aromatic amines is 1. The van der Waals surface area contributed by atoms with E-state index in [0.29, 0.717) is 24.2 Å². The van der Waals surface area contributed by atoms with Crippen LogP contribution in [0.3, 0.4) is 0 Å². The number of H-pyrrole nitrogens is 1. The quantitative estimate of drug-likeness (QED) is 0.576. The molecule has 0 radical (unpaired) electrons. The molecule has 2 aromatic carbocycles. The summed E-state index contributed by atoms with van der Waals surface area (Å²) in [6, 6.07) is 18.5. The Morgan fingerprint density at radius 1 is 1.04 bits per heavy atom. The minimum atomic E-state index is -0.290. The number of amides is 1. The predicted octanol–water partition coefficient (Wildman–Crippen LogP) is 2.70. The number of carbonyl (C=O) groups is 1. The third kappa shape index (κ3) is 3.79. The van der Waals surface area contributed by atoms with Crippen molar-refractivity contribution in [3.8, 4) is 0 Å². The maximum absolute atomic E-state index is 12.6. The van der Waals surface area contributed by atoms with Gasteiger partial charge in [-0.15, -0.1) is 0 Å². The van der Waals surface area contributed by atoms with Gasteiger partial charge in [0.1, 0.15) is 0 Å². The van der Waals surface area contributed by atoms with Gasteiger partial charge in [-0.3, -0.25) is 14.3 Å². The number of nitrogens with zero attached hydrogens (tertiary/aromatic N) is 2. The fourth-order valence-corrected chi connectivity index (χ4v) is 3.01. The average Bonchev–Trinajstić information content (AvgIpc) is 3.19. The highest BCUT2D eigenvalue weighted by molar-refractivity contribution is 6.05. The van der Waals surface area contributed by atoms with Crippen molar-refractivity contribution in [2.24, 2.45) is 0 Å². The molecule has 0 atom stereocenters. The van der Waals surface area contributed by atoms with Gasteiger partial charge in [-0.1, -0.05) is 42.5 Å². The van der Waals surface area contributed by atoms with Gasteiger partial charge in [0.15, 0.2) is 0 Å². The second-order valence-electron chi connectivity index (χ2n) is 6.30. The molecule has 2 aromatic heterocycles. The number of para-hydroxylation sites is 1. The Labute approximate surface area is 155 Å². The van der Waals surface area contributed by atoms with E-state index in [1.165, 1.54) is 6.07 Å². The Kier molecular flexibility index (Phi) is 4.53. The van der Waals surface area contributed by atoms with Gasteiger partial charge in [-0.25, -0.2) is 0 Å². The number of rotatable bonds is 5. The molecule has 0 bridgehead atoms. The first-order chi connectivity index (χ1) is 13.2. The summed E-state index contributed by atoms with van der Waals surface area (Å²) in [5, 5.41) is 7.81. The Morgan fingerprint density at radius 3 is 2.59 bits per heavy atom. The first-order valence-corrected chi connectivity index (χ1v) is 8.64. The van der Waals surface area contributed by atoms with Crippen molar-refractivity contribution in [1.29, 1.82) is 0 Å². The van der Waals surface area contributed by atoms with E-state index in [9.17, 15) is 9.59 Å². The Hall–Kier alpha value is -3.67. The largest absolute Gasteiger partial charge is 0.348 e. The van der Waals surface area contributed by atoms with Gasteiger partial charge in [0.2, 0.25) is 5.56 Å². The fraction of sp³-hybridized carbons (Fsp3) is 0.0952. The van der Waals surface area contributed by atoms with Crippen molar-refractivity contribution in [2.45, 2.75) is 13.1 Å². The van der Waals surface area contributed by atoms with Crippen LogP contribution in [0.5, 0.6) is 0 Å². The van der Waals surface area contributed by atoms with E-state index in [1.807, 2.05) is 59.4 Å². The number of pyridine rings is 1. The zero-order chi connectivity index (χ0) is 18.6. The molecular weight excluding hydrogens is 340 g/mol. The van der Waals surface area contributed by atoms with Crippen LogP contribution in [0.4, 0.5) is 0 Å². The minimum Gasteiger partial charge on any atom is -0.348 e. The van der Waals surface area contributed by atoms with Gasteiger partial charge >= 0.3 is 0 Å². The van der Waals surface area contributed by atoms with Gasteiger partial charge in [0.05, 0.1) is 12.1 Å². The molecule has 27 heavy (non-hydrogen) atoms. The second-order valence-corrected chi connectivity index (χ2v) is 6.30. The lowest BCUT2D eigenvalue weighted by Gasteiger charge is -2.09. The van der Waals surface area contributed by atoms with Crippen LogP contribution in [0.2, 0.25) is 0 Å². The van der Waals surface area contributed by atoms with Crippen LogP contribution in [-0.2, 0) is 13.1 Å². The van der Waals surface area contributed by atoms with Gasteiger partial charge in [0.25, 0.3) is 5.91 Å². The van der Waals surface area contributed by atoms with Crippen LogP contribution >= 0.6 is 0 Å². The van der Waals surface area contributed by atoms with E-state index in [1.54, 1.807) is 12.3 Å². The van der Waals surface area contributed by atoms with Gasteiger partial charge in [-0.05, 0) is 23.3 Å². The Balaban J connectivity index is 1.46. The molecule has 0 aliphatic carbocycles. The van der Waals surface area contributed by atoms with E-state index < -0.39 is 0 Å². The molecule has 0 aliphatic rings. The lowest BCUT2D eigenvalue weighted by Crippen LogP contribution is -2.24. The van der Waals surface area contributed by atoms with Gasteiger partial charge in [-0.2, -0.15) is 5.10 Å². The van der Waals surface area contributed by atoms with Crippen LogP contribution in [0, 0.1) is 0 Å². The average molecular weight is 358 g/mol. The molecule has 6 nitrogen and oxygen atoms in total. The highest BCUT2D eigenvalue weighted by Crippen LogP contribution is 2.14. The molecule has 0 spiro atoms. The standard InChI is InChI=1S/C21H18N4O2/c26-20-12-18(17-4-1-2-5-19(17)24-20)21(27)22-13-15-6-8-16(9-7-15)14-25-11-3-10-23-25/h1-12H,13-14H2,(H,22,27)(H,24,26). The SMILES string of the molecule is O=C(NCc1ccc(Cn2cccn2)cc1)c1cc(=O)[nH]c2ccccc12. The maximum atomic E-state index is 12.6. The van der Waals surface area contributed by atoms with E-state index in [0.717, 1.165) is 16.5 Å². The summed E-state index contributed by atoms with van der Waals surface area (Å²) in [6.45, 7) is 1.10. The van der Waals surface area contributed by atoms with Crippen molar-refractivity contribution in [1.82, 2.24) is 20.1 Å². The molecule has 4 rings (SSSR count). The first-order valence-electron chi connectivity index (χ1n) is 8.64. The summed E-state index contributed by atoms with van der Waals surface area (Å²) in [4.78, 5) is 27.1. The minimum absolute atomic E-state index is 0.266. The molecule has 4 aromatic rings. The van der Waals surface area contributed by atoms with E-state index in [-0.39, 0.29) is 11.5 Å². The molecular formula is C21H18N4O2. The number of nitrogens with one attached hydrogen (secondary N) is 2. The zero-order valence-electron chi connectivity index (χ0n) is 14.6. The molecule has 1 amide bonds. The maximum Gasteiger partial charge on any atom is 0.252 e. The molecule has 0 aliphatic heterocycles. The topological polar surface area (TPSA) is 79.8 Å². The van der Waals surface area contributed by atoms with Crippen LogP contribution in [0.1, 0.15) is 21.5 Å². The molecule has 0 saturated heterocycles. The van der Waals surface area contributed by atoms with E-state index >= 15 is 0 Å². The monoisotopic (exact) mass is 358 g/mol. The molecule has 0 fully saturated rings. The normalized spacial score (nSPS) is 10.8. The first kappa shape index (κ1) is 16.8. The second kappa shape index (κ2) is 7.29. The fourth-order valence-electron chi connectivity index (χ4n) is 3.01. The summed E-state index contributed by atoms with van der Waals surface area (Å²) in [6.07, 6.45) is 3.67. The number of benzene rings is 2. The van der Waals surface area contributed by atoms with Crippen LogP contribution in [-0.4, -0.2) is 20.7 Å². The summed E-state index contributed by atoms with van der Waals surface area (Å²) in [5.74, 6) is -0.266. The highest BCUT2D eigenvalue weighted by Gasteiger charge is 2.11. The number of hydrogen-bond acceptors (Lipinski definition) is 3. The molecule has 134 valence electrons. The number of carbonyl (C=O) groups excluding carboxylic acids is 1. The smallest absolute Gasteiger partial charge is 0.252 e. The summed E-state index contributed by atoms with van der Waals surface area (Å²) in [7, 11) is 0. The van der Waals surface area contributed by atoms with Crippen LogP contribution < -0.4 is 10.9 Å². The third-order valence-electron chi connectivity index (χ3n) is 4.37. The van der Waals surface area contributed by atoms with E-state index in [4.69, 9.17) is 0 Å². The molecule has 0 saturated carbocycles. The number of hydrogen-bond donors (Lipinski definition) is 2. The van der Waals surface area contributed by atoms with Crippen molar-refractivity contribution in [3.05, 3.63) is 100 Å². The predicted molar refractivity (Wildman–Crippen MR) is 104 cm³/mol. The van der Waals surface area contributed by atoms with Crippen LogP contribution in [0.15, 0.2) is 77.9 Å². The van der Waals surface area contributed by atoms with Crippen molar-refractivity contribution in [3.63, 3.8) is 0 Å². The number of aromatic nitrogens is 3. The van der Waals surface area contributed by atoms with Crippen molar-refractivity contribution < 1.29 is 4.79 Å². The Morgan fingerprint density at radius 2 is 1.81 bits per heavy atom. The lowest BCUT2D eigenvalue weighted by molar-refractivity contribution is 0.0952. The van der Waals surface area contributed by atoms with Crippen molar-refractivity contribution >= 4 is 16.8 Å². The lowest BCUT2D eigenvalue weighted by atomic mass is 10.1. The molecule has 2 N–H and O–H groups in total. The molecule has 2 heterocycles. The molecule has 0 unspecified atom stereocenters. The van der Waals surface area contributed by atoms with Gasteiger partial charge in [0, 0.05) is 35.9 Å².